The highest BCUT2D eigenvalue weighted by Gasteiger charge is 2.44. The van der Waals surface area contributed by atoms with Gasteiger partial charge in [0.25, 0.3) is 5.92 Å². The zero-order chi connectivity index (χ0) is 16.9. The monoisotopic (exact) mass is 324 g/mol. The lowest BCUT2D eigenvalue weighted by molar-refractivity contribution is 0.0119. The van der Waals surface area contributed by atoms with Crippen LogP contribution in [0.2, 0.25) is 0 Å². The van der Waals surface area contributed by atoms with Crippen molar-refractivity contribution in [2.24, 2.45) is 0 Å². The van der Waals surface area contributed by atoms with Gasteiger partial charge in [-0.15, -0.1) is 0 Å². The van der Waals surface area contributed by atoms with Crippen LogP contribution in [0.3, 0.4) is 0 Å². The van der Waals surface area contributed by atoms with Crippen LogP contribution >= 0.6 is 0 Å². The Morgan fingerprint density at radius 2 is 1.79 bits per heavy atom. The predicted octanol–water partition coefficient (Wildman–Crippen LogP) is 4.06. The first-order chi connectivity index (χ1) is 11.4. The molecule has 0 saturated heterocycles. The molecule has 1 saturated carbocycles. The zero-order valence-corrected chi connectivity index (χ0v) is 13.0. The Morgan fingerprint density at radius 3 is 2.38 bits per heavy atom. The molecule has 4 rings (SSSR count). The Morgan fingerprint density at radius 1 is 1.12 bits per heavy atom. The van der Waals surface area contributed by atoms with E-state index in [9.17, 15) is 14.0 Å². The Labute approximate surface area is 137 Å². The molecule has 1 aliphatic carbocycles. The van der Waals surface area contributed by atoms with Crippen molar-refractivity contribution in [3.63, 3.8) is 0 Å². The minimum absolute atomic E-state index is 0.190. The van der Waals surface area contributed by atoms with E-state index in [0.29, 0.717) is 0 Å². The summed E-state index contributed by atoms with van der Waals surface area (Å²) in [6, 6.07) is 10.0. The lowest BCUT2D eigenvalue weighted by atomic mass is 9.95. The van der Waals surface area contributed by atoms with Crippen LogP contribution in [0.1, 0.15) is 31.0 Å². The molecule has 2 heterocycles. The Bertz CT molecular complexity index is 957. The first-order valence-electron chi connectivity index (χ1n) is 7.67. The number of rotatable bonds is 3. The summed E-state index contributed by atoms with van der Waals surface area (Å²) in [5.74, 6) is -2.75. The molecule has 0 bridgehead atoms. The van der Waals surface area contributed by atoms with E-state index in [2.05, 4.69) is 16.0 Å². The predicted molar refractivity (Wildman–Crippen MR) is 84.5 cm³/mol. The highest BCUT2D eigenvalue weighted by molar-refractivity contribution is 5.64. The van der Waals surface area contributed by atoms with Crippen LogP contribution in [0.25, 0.3) is 16.9 Å². The van der Waals surface area contributed by atoms with E-state index < -0.39 is 5.92 Å². The van der Waals surface area contributed by atoms with Crippen molar-refractivity contribution in [1.29, 1.82) is 5.26 Å². The fourth-order valence-electron chi connectivity index (χ4n) is 2.92. The van der Waals surface area contributed by atoms with Gasteiger partial charge in [-0.3, -0.25) is 4.40 Å². The van der Waals surface area contributed by atoms with Gasteiger partial charge >= 0.3 is 0 Å². The summed E-state index contributed by atoms with van der Waals surface area (Å²) in [6.45, 7) is 0.842. The average molecular weight is 324 g/mol. The lowest BCUT2D eigenvalue weighted by Crippen LogP contribution is -2.10. The van der Waals surface area contributed by atoms with Gasteiger partial charge in [0.2, 0.25) is 5.78 Å². The second kappa shape index (κ2) is 4.84. The zero-order valence-electron chi connectivity index (χ0n) is 13.0. The van der Waals surface area contributed by atoms with Crippen LogP contribution < -0.4 is 0 Å². The number of imidazole rings is 1. The molecular weight excluding hydrogens is 310 g/mol. The molecule has 1 aliphatic rings. The maximum absolute atomic E-state index is 13.7. The highest BCUT2D eigenvalue weighted by Crippen LogP contribution is 2.47. The number of nitriles is 1. The maximum atomic E-state index is 13.7. The number of benzene rings is 1. The molecule has 24 heavy (non-hydrogen) atoms. The van der Waals surface area contributed by atoms with Crippen LogP contribution in [-0.2, 0) is 11.3 Å². The Hall–Kier alpha value is -2.81. The number of hydrogen-bond donors (Lipinski definition) is 0. The van der Waals surface area contributed by atoms with E-state index in [-0.39, 0.29) is 16.9 Å². The van der Waals surface area contributed by atoms with Gasteiger partial charge in [0, 0.05) is 24.9 Å². The van der Waals surface area contributed by atoms with Crippen molar-refractivity contribution in [3.8, 4) is 17.2 Å². The second-order valence-electron chi connectivity index (χ2n) is 6.32. The summed E-state index contributed by atoms with van der Waals surface area (Å²) >= 11 is 0. The topological polar surface area (TPSA) is 54.0 Å². The molecule has 1 fully saturated rings. The Kier molecular flexibility index (Phi) is 2.98. The number of nitrogens with zero attached hydrogens (tertiary/aromatic N) is 4. The third kappa shape index (κ3) is 2.24. The van der Waals surface area contributed by atoms with Crippen molar-refractivity contribution in [3.05, 3.63) is 54.1 Å². The molecule has 120 valence electrons. The molecule has 3 aromatic rings. The molecule has 0 radical (unpaired) electrons. The van der Waals surface area contributed by atoms with Gasteiger partial charge in [0.15, 0.2) is 0 Å². The number of fused-ring (bicyclic) bond motifs is 1. The van der Waals surface area contributed by atoms with Crippen LogP contribution in [0, 0.1) is 11.3 Å². The van der Waals surface area contributed by atoms with Gasteiger partial charge in [-0.05, 0) is 24.0 Å². The van der Waals surface area contributed by atoms with Gasteiger partial charge < -0.3 is 0 Å². The number of halogens is 2. The van der Waals surface area contributed by atoms with E-state index >= 15 is 0 Å². The van der Waals surface area contributed by atoms with Gasteiger partial charge in [-0.25, -0.2) is 9.97 Å². The van der Waals surface area contributed by atoms with Crippen molar-refractivity contribution in [1.82, 2.24) is 14.4 Å². The molecule has 0 N–H and O–H groups in total. The molecule has 0 atom stereocenters. The van der Waals surface area contributed by atoms with E-state index in [1.54, 1.807) is 12.4 Å². The van der Waals surface area contributed by atoms with Crippen LogP contribution in [0.5, 0.6) is 0 Å². The largest absolute Gasteiger partial charge is 0.287 e. The third-order valence-electron chi connectivity index (χ3n) is 4.55. The molecule has 6 heteroatoms. The summed E-state index contributed by atoms with van der Waals surface area (Å²) in [6.07, 6.45) is 6.17. The lowest BCUT2D eigenvalue weighted by Gasteiger charge is -2.11. The summed E-state index contributed by atoms with van der Waals surface area (Å²) in [5, 5.41) is 9.26. The second-order valence-corrected chi connectivity index (χ2v) is 6.32. The number of alkyl halides is 2. The van der Waals surface area contributed by atoms with Crippen molar-refractivity contribution < 1.29 is 8.78 Å². The van der Waals surface area contributed by atoms with Crippen LogP contribution in [-0.4, -0.2) is 14.4 Å². The number of hydrogen-bond acceptors (Lipinski definition) is 3. The van der Waals surface area contributed by atoms with E-state index in [1.165, 1.54) is 4.40 Å². The van der Waals surface area contributed by atoms with Crippen molar-refractivity contribution >= 4 is 5.78 Å². The van der Waals surface area contributed by atoms with Crippen LogP contribution in [0.15, 0.2) is 42.9 Å². The minimum atomic E-state index is -2.99. The van der Waals surface area contributed by atoms with Gasteiger partial charge in [-0.1, -0.05) is 24.3 Å². The first-order valence-corrected chi connectivity index (χ1v) is 7.67. The molecule has 0 spiro atoms. The fourth-order valence-corrected chi connectivity index (χ4v) is 2.92. The summed E-state index contributed by atoms with van der Waals surface area (Å²) in [5.41, 5.74) is 2.07. The molecule has 4 nitrogen and oxygen atoms in total. The van der Waals surface area contributed by atoms with Crippen LogP contribution in [0.4, 0.5) is 8.78 Å². The fraction of sp³-hybridized carbons (Fsp3) is 0.278. The van der Waals surface area contributed by atoms with E-state index in [4.69, 9.17) is 0 Å². The molecule has 0 aliphatic heterocycles. The maximum Gasteiger partial charge on any atom is 0.287 e. The summed E-state index contributed by atoms with van der Waals surface area (Å²) in [4.78, 5) is 8.08. The smallest absolute Gasteiger partial charge is 0.282 e. The van der Waals surface area contributed by atoms with E-state index in [0.717, 1.165) is 42.7 Å². The standard InChI is InChI=1S/C18H14F2N4/c1-17(19,20)15-9-23-16-22-8-13(10-24(15)16)12-2-4-14(5-3-12)18(11-21)6-7-18/h2-5,8-10H,6-7H2,1H3. The highest BCUT2D eigenvalue weighted by atomic mass is 19.3. The molecular formula is C18H14F2N4. The minimum Gasteiger partial charge on any atom is -0.282 e. The molecule has 2 aromatic heterocycles. The molecule has 0 amide bonds. The van der Waals surface area contributed by atoms with Gasteiger partial charge in [-0.2, -0.15) is 14.0 Å². The van der Waals surface area contributed by atoms with Crippen molar-refractivity contribution in [2.75, 3.05) is 0 Å². The number of aromatic nitrogens is 3. The third-order valence-corrected chi connectivity index (χ3v) is 4.55. The van der Waals surface area contributed by atoms with E-state index in [1.807, 2.05) is 24.3 Å². The quantitative estimate of drug-likeness (QED) is 0.730. The summed E-state index contributed by atoms with van der Waals surface area (Å²) in [7, 11) is 0. The van der Waals surface area contributed by atoms with Crippen molar-refractivity contribution in [2.45, 2.75) is 31.1 Å². The average Bonchev–Trinajstić information content (AvgIpc) is 3.25. The molecule has 1 aromatic carbocycles. The SMILES string of the molecule is CC(F)(F)c1cnc2ncc(-c3ccc(C4(C#N)CC4)cc3)cn12. The summed E-state index contributed by atoms with van der Waals surface area (Å²) < 4.78 is 28.6. The normalized spacial score (nSPS) is 16.1. The van der Waals surface area contributed by atoms with Gasteiger partial charge in [0.05, 0.1) is 17.7 Å². The Balaban J connectivity index is 1.75. The first kappa shape index (κ1) is 14.8. The molecule has 0 unspecified atom stereocenters. The van der Waals surface area contributed by atoms with Gasteiger partial charge in [0.1, 0.15) is 5.69 Å².